The average molecular weight is 275 g/mol. The molecule has 0 aromatic heterocycles. The van der Waals surface area contributed by atoms with Crippen molar-refractivity contribution < 1.29 is 13.9 Å². The maximum Gasteiger partial charge on any atom is 0.144 e. The Labute approximate surface area is 118 Å². The molecule has 0 saturated carbocycles. The van der Waals surface area contributed by atoms with Gasteiger partial charge in [-0.1, -0.05) is 12.1 Å². The van der Waals surface area contributed by atoms with Gasteiger partial charge < -0.3 is 14.8 Å². The zero-order valence-corrected chi connectivity index (χ0v) is 11.7. The second-order valence-corrected chi connectivity index (χ2v) is 4.37. The van der Waals surface area contributed by atoms with Crippen molar-refractivity contribution in [1.82, 2.24) is 0 Å². The second kappa shape index (κ2) is 6.80. The molecular formula is C16H18FNO2. The lowest BCUT2D eigenvalue weighted by Gasteiger charge is -2.11. The second-order valence-electron chi connectivity index (χ2n) is 4.37. The van der Waals surface area contributed by atoms with Gasteiger partial charge in [-0.3, -0.25) is 0 Å². The Morgan fingerprint density at radius 2 is 1.75 bits per heavy atom. The van der Waals surface area contributed by atoms with Gasteiger partial charge in [0.1, 0.15) is 17.3 Å². The number of hydrogen-bond donors (Lipinski definition) is 1. The Morgan fingerprint density at radius 1 is 1.00 bits per heavy atom. The number of methoxy groups -OCH3 is 2. The van der Waals surface area contributed by atoms with Crippen molar-refractivity contribution in [3.63, 3.8) is 0 Å². The maximum absolute atomic E-state index is 13.1. The molecule has 2 rings (SSSR count). The fourth-order valence-corrected chi connectivity index (χ4v) is 1.94. The molecule has 106 valence electrons. The summed E-state index contributed by atoms with van der Waals surface area (Å²) in [5.74, 6) is 1.06. The van der Waals surface area contributed by atoms with Gasteiger partial charge in [-0.15, -0.1) is 0 Å². The smallest absolute Gasteiger partial charge is 0.144 e. The van der Waals surface area contributed by atoms with Crippen LogP contribution in [0.15, 0.2) is 42.5 Å². The van der Waals surface area contributed by atoms with Crippen LogP contribution in [0.25, 0.3) is 0 Å². The van der Waals surface area contributed by atoms with Crippen molar-refractivity contribution in [2.75, 3.05) is 26.1 Å². The molecule has 0 spiro atoms. The Hall–Kier alpha value is -2.23. The van der Waals surface area contributed by atoms with E-state index in [4.69, 9.17) is 9.47 Å². The van der Waals surface area contributed by atoms with E-state index in [1.165, 1.54) is 24.8 Å². The monoisotopic (exact) mass is 275 g/mol. The van der Waals surface area contributed by atoms with Crippen LogP contribution in [0.2, 0.25) is 0 Å². The summed E-state index contributed by atoms with van der Waals surface area (Å²) in [6.07, 6.45) is 0.866. The average Bonchev–Trinajstić information content (AvgIpc) is 2.49. The van der Waals surface area contributed by atoms with Crippen LogP contribution in [0.1, 0.15) is 5.56 Å². The molecule has 20 heavy (non-hydrogen) atoms. The third-order valence-electron chi connectivity index (χ3n) is 3.05. The summed E-state index contributed by atoms with van der Waals surface area (Å²) in [7, 11) is 3.18. The van der Waals surface area contributed by atoms with E-state index in [0.29, 0.717) is 5.75 Å². The molecule has 1 N–H and O–H groups in total. The number of ether oxygens (including phenoxy) is 2. The molecular weight excluding hydrogens is 257 g/mol. The van der Waals surface area contributed by atoms with Gasteiger partial charge in [0.25, 0.3) is 0 Å². The Bertz CT molecular complexity index is 555. The van der Waals surface area contributed by atoms with Crippen molar-refractivity contribution >= 4 is 5.69 Å². The van der Waals surface area contributed by atoms with Gasteiger partial charge in [-0.2, -0.15) is 0 Å². The highest BCUT2D eigenvalue weighted by Gasteiger charge is 2.03. The molecule has 0 heterocycles. The number of halogens is 1. The van der Waals surface area contributed by atoms with E-state index in [1.807, 2.05) is 24.3 Å². The molecule has 3 nitrogen and oxygen atoms in total. The number of rotatable bonds is 6. The normalized spacial score (nSPS) is 10.2. The first-order valence-corrected chi connectivity index (χ1v) is 6.43. The Morgan fingerprint density at radius 3 is 2.40 bits per heavy atom. The van der Waals surface area contributed by atoms with Crippen molar-refractivity contribution in [3.8, 4) is 11.5 Å². The summed E-state index contributed by atoms with van der Waals surface area (Å²) in [4.78, 5) is 0. The lowest BCUT2D eigenvalue weighted by atomic mass is 10.1. The van der Waals surface area contributed by atoms with Crippen molar-refractivity contribution in [2.45, 2.75) is 6.42 Å². The van der Waals surface area contributed by atoms with E-state index in [2.05, 4.69) is 5.32 Å². The van der Waals surface area contributed by atoms with Crippen LogP contribution in [0, 0.1) is 5.82 Å². The predicted octanol–water partition coefficient (Wildman–Crippen LogP) is 3.50. The third kappa shape index (κ3) is 3.63. The molecule has 0 aliphatic heterocycles. The molecule has 0 unspecified atom stereocenters. The minimum atomic E-state index is -0.303. The van der Waals surface area contributed by atoms with E-state index in [-0.39, 0.29) is 5.82 Å². The Balaban J connectivity index is 1.92. The van der Waals surface area contributed by atoms with Crippen LogP contribution in [0.3, 0.4) is 0 Å². The molecule has 0 aliphatic rings. The summed E-state index contributed by atoms with van der Waals surface area (Å²) in [6, 6.07) is 12.4. The third-order valence-corrected chi connectivity index (χ3v) is 3.05. The fourth-order valence-electron chi connectivity index (χ4n) is 1.94. The lowest BCUT2D eigenvalue weighted by Crippen LogP contribution is -2.06. The van der Waals surface area contributed by atoms with E-state index < -0.39 is 0 Å². The topological polar surface area (TPSA) is 30.5 Å². The molecule has 0 aliphatic carbocycles. The number of hydrogen-bond acceptors (Lipinski definition) is 3. The number of benzene rings is 2. The van der Waals surface area contributed by atoms with E-state index in [1.54, 1.807) is 13.2 Å². The molecule has 0 saturated heterocycles. The molecule has 0 fully saturated rings. The molecule has 0 atom stereocenters. The highest BCUT2D eigenvalue weighted by molar-refractivity contribution is 5.56. The van der Waals surface area contributed by atoms with Gasteiger partial charge in [0, 0.05) is 12.6 Å². The summed E-state index contributed by atoms with van der Waals surface area (Å²) in [5.41, 5.74) is 2.00. The zero-order valence-electron chi connectivity index (χ0n) is 11.7. The molecule has 0 radical (unpaired) electrons. The molecule has 2 aromatic rings. The van der Waals surface area contributed by atoms with Gasteiger partial charge >= 0.3 is 0 Å². The van der Waals surface area contributed by atoms with Crippen LogP contribution in [-0.2, 0) is 6.42 Å². The minimum absolute atomic E-state index is 0.303. The summed E-state index contributed by atoms with van der Waals surface area (Å²) in [6.45, 7) is 0.744. The first kappa shape index (κ1) is 14.2. The highest BCUT2D eigenvalue weighted by atomic mass is 19.1. The molecule has 4 heteroatoms. The van der Waals surface area contributed by atoms with Crippen LogP contribution >= 0.6 is 0 Å². The highest BCUT2D eigenvalue weighted by Crippen LogP contribution is 2.24. The minimum Gasteiger partial charge on any atom is -0.497 e. The molecule has 0 amide bonds. The molecule has 0 bridgehead atoms. The first-order chi connectivity index (χ1) is 9.72. The van der Waals surface area contributed by atoms with Gasteiger partial charge in [-0.05, 0) is 36.2 Å². The molecule has 2 aromatic carbocycles. The van der Waals surface area contributed by atoms with Crippen molar-refractivity contribution in [2.24, 2.45) is 0 Å². The van der Waals surface area contributed by atoms with Crippen molar-refractivity contribution in [3.05, 3.63) is 53.8 Å². The van der Waals surface area contributed by atoms with Gasteiger partial charge in [0.05, 0.1) is 19.9 Å². The Kier molecular flexibility index (Phi) is 4.82. The number of anilines is 1. The van der Waals surface area contributed by atoms with E-state index in [9.17, 15) is 4.39 Å². The predicted molar refractivity (Wildman–Crippen MR) is 78.1 cm³/mol. The van der Waals surface area contributed by atoms with Crippen LogP contribution in [0.5, 0.6) is 11.5 Å². The standard InChI is InChI=1S/C16H18FNO2/c1-19-14-6-3-12(4-7-14)9-10-18-15-8-5-13(17)11-16(15)20-2/h3-8,11,18H,9-10H2,1-2H3. The van der Waals surface area contributed by atoms with Crippen LogP contribution in [0.4, 0.5) is 10.1 Å². The van der Waals surface area contributed by atoms with E-state index >= 15 is 0 Å². The zero-order chi connectivity index (χ0) is 14.4. The van der Waals surface area contributed by atoms with E-state index in [0.717, 1.165) is 24.4 Å². The maximum atomic E-state index is 13.1. The first-order valence-electron chi connectivity index (χ1n) is 6.43. The van der Waals surface area contributed by atoms with Gasteiger partial charge in [0.2, 0.25) is 0 Å². The fraction of sp³-hybridized carbons (Fsp3) is 0.250. The SMILES string of the molecule is COc1ccc(CCNc2ccc(F)cc2OC)cc1. The largest absolute Gasteiger partial charge is 0.497 e. The van der Waals surface area contributed by atoms with Gasteiger partial charge in [0.15, 0.2) is 0 Å². The summed E-state index contributed by atoms with van der Waals surface area (Å²) >= 11 is 0. The van der Waals surface area contributed by atoms with Gasteiger partial charge in [-0.25, -0.2) is 4.39 Å². The van der Waals surface area contributed by atoms with Crippen LogP contribution < -0.4 is 14.8 Å². The number of nitrogens with one attached hydrogen (secondary N) is 1. The van der Waals surface area contributed by atoms with Crippen LogP contribution in [-0.4, -0.2) is 20.8 Å². The van der Waals surface area contributed by atoms with Crippen molar-refractivity contribution in [1.29, 1.82) is 0 Å². The lowest BCUT2D eigenvalue weighted by molar-refractivity contribution is 0.413. The quantitative estimate of drug-likeness (QED) is 0.875. The summed E-state index contributed by atoms with van der Waals surface area (Å²) in [5, 5.41) is 3.25. The summed E-state index contributed by atoms with van der Waals surface area (Å²) < 4.78 is 23.3.